The molecule has 1 aromatic heterocycles. The van der Waals surface area contributed by atoms with Crippen molar-refractivity contribution in [3.63, 3.8) is 0 Å². The largest absolute Gasteiger partial charge is 0.740 e. The Labute approximate surface area is 104 Å². The Morgan fingerprint density at radius 3 is 3.12 bits per heavy atom. The minimum atomic E-state index is 0.347. The van der Waals surface area contributed by atoms with E-state index in [1.165, 1.54) is 0 Å². The second kappa shape index (κ2) is 3.85. The smallest absolute Gasteiger partial charge is 0.129 e. The average Bonchev–Trinajstić information content (AvgIpc) is 2.38. The van der Waals surface area contributed by atoms with Gasteiger partial charge in [0.15, 0.2) is 0 Å². The predicted molar refractivity (Wildman–Crippen MR) is 64.0 cm³/mol. The summed E-state index contributed by atoms with van der Waals surface area (Å²) < 4.78 is 10.8. The Morgan fingerprint density at radius 1 is 1.41 bits per heavy atom. The van der Waals surface area contributed by atoms with E-state index in [2.05, 4.69) is 9.97 Å². The van der Waals surface area contributed by atoms with Gasteiger partial charge >= 0.3 is 0 Å². The van der Waals surface area contributed by atoms with Crippen molar-refractivity contribution in [2.75, 3.05) is 7.11 Å². The van der Waals surface area contributed by atoms with Gasteiger partial charge in [0, 0.05) is 22.5 Å². The van der Waals surface area contributed by atoms with Crippen molar-refractivity contribution in [3.8, 4) is 22.8 Å². The molecular weight excluding hydrogens is 236 g/mol. The number of rotatable bonds is 1. The van der Waals surface area contributed by atoms with Crippen LogP contribution in [-0.2, 0) is 19.2 Å². The first-order valence-corrected chi connectivity index (χ1v) is 5.53. The summed E-state index contributed by atoms with van der Waals surface area (Å²) >= 11 is 4.99. The lowest BCUT2D eigenvalue weighted by Gasteiger charge is -2.21. The number of fused-ring (bicyclic) bond motifs is 3. The van der Waals surface area contributed by atoms with Crippen LogP contribution in [0.1, 0.15) is 5.56 Å². The third-order valence-electron chi connectivity index (χ3n) is 2.67. The van der Waals surface area contributed by atoms with Crippen LogP contribution in [0.4, 0.5) is 0 Å². The molecule has 2 heterocycles. The Hall–Kier alpha value is -1.88. The average molecular weight is 245 g/mol. The second-order valence-electron chi connectivity index (χ2n) is 3.68. The molecule has 0 aliphatic carbocycles. The fourth-order valence-electron chi connectivity index (χ4n) is 1.83. The molecule has 1 aliphatic rings. The molecule has 0 N–H and O–H groups in total. The molecule has 0 spiro atoms. The van der Waals surface area contributed by atoms with Gasteiger partial charge in [-0.05, 0) is 18.2 Å². The highest BCUT2D eigenvalue weighted by Crippen LogP contribution is 2.38. The van der Waals surface area contributed by atoms with Gasteiger partial charge in [-0.1, -0.05) is 0 Å². The molecule has 0 radical (unpaired) electrons. The number of benzene rings is 1. The zero-order valence-electron chi connectivity index (χ0n) is 9.14. The van der Waals surface area contributed by atoms with E-state index in [1.807, 2.05) is 18.2 Å². The van der Waals surface area contributed by atoms with Crippen LogP contribution in [0, 0.1) is 0 Å². The van der Waals surface area contributed by atoms with E-state index in [0.29, 0.717) is 11.8 Å². The summed E-state index contributed by atoms with van der Waals surface area (Å²) in [6, 6.07) is 5.64. The van der Waals surface area contributed by atoms with E-state index in [9.17, 15) is 0 Å². The normalized spacial score (nSPS) is 12.3. The monoisotopic (exact) mass is 245 g/mol. The van der Waals surface area contributed by atoms with Crippen LogP contribution in [0.25, 0.3) is 11.3 Å². The van der Waals surface area contributed by atoms with Crippen molar-refractivity contribution in [2.45, 2.75) is 11.8 Å². The summed E-state index contributed by atoms with van der Waals surface area (Å²) in [5.41, 5.74) is 2.68. The summed E-state index contributed by atoms with van der Waals surface area (Å²) in [5.74, 6) is 1.57. The molecule has 86 valence electrons. The van der Waals surface area contributed by atoms with Crippen LogP contribution < -0.4 is 9.47 Å². The van der Waals surface area contributed by atoms with Gasteiger partial charge in [-0.15, -0.1) is 0 Å². The highest BCUT2D eigenvalue weighted by molar-refractivity contribution is 7.58. The minimum Gasteiger partial charge on any atom is -0.740 e. The van der Waals surface area contributed by atoms with Crippen LogP contribution in [-0.4, -0.2) is 17.1 Å². The number of nitrogens with zero attached hydrogens (tertiary/aromatic N) is 2. The number of ether oxygens (including phenoxy) is 2. The molecule has 17 heavy (non-hydrogen) atoms. The first-order chi connectivity index (χ1) is 8.28. The van der Waals surface area contributed by atoms with Crippen molar-refractivity contribution in [3.05, 3.63) is 30.0 Å². The Balaban J connectivity index is 2.22. The van der Waals surface area contributed by atoms with Gasteiger partial charge in [-0.3, -0.25) is 9.97 Å². The summed E-state index contributed by atoms with van der Waals surface area (Å²) in [4.78, 5) is 8.30. The van der Waals surface area contributed by atoms with Crippen molar-refractivity contribution in [1.29, 1.82) is 0 Å². The summed E-state index contributed by atoms with van der Waals surface area (Å²) in [6.45, 7) is 0.476. The molecular formula is C12H9N2O2S-. The van der Waals surface area contributed by atoms with E-state index < -0.39 is 0 Å². The Kier molecular flexibility index (Phi) is 2.33. The maximum absolute atomic E-state index is 5.62. The molecule has 3 rings (SSSR count). The van der Waals surface area contributed by atoms with E-state index in [1.54, 1.807) is 13.3 Å². The molecule has 0 saturated carbocycles. The lowest BCUT2D eigenvalue weighted by molar-refractivity contribution is 0.299. The van der Waals surface area contributed by atoms with Crippen LogP contribution in [0.5, 0.6) is 11.5 Å². The standard InChI is InChI=1S/C12H10N2O2S/c1-15-8-2-3-10-9(4-8)11-7(6-16-10)5-13-12(17)14-11/h2-5H,6H2,1H3,(H,13,14,17)/p-1. The van der Waals surface area contributed by atoms with Gasteiger partial charge in [0.25, 0.3) is 0 Å². The molecule has 0 fully saturated rings. The van der Waals surface area contributed by atoms with Crippen molar-refractivity contribution in [1.82, 2.24) is 9.97 Å². The molecule has 0 amide bonds. The first kappa shape index (κ1) is 10.3. The molecule has 0 atom stereocenters. The third kappa shape index (κ3) is 1.68. The molecule has 1 aliphatic heterocycles. The summed E-state index contributed by atoms with van der Waals surface area (Å²) in [7, 11) is 1.63. The Bertz CT molecular complexity index is 587. The Morgan fingerprint density at radius 2 is 2.29 bits per heavy atom. The van der Waals surface area contributed by atoms with Crippen LogP contribution in [0.15, 0.2) is 29.6 Å². The minimum absolute atomic E-state index is 0.347. The van der Waals surface area contributed by atoms with Gasteiger partial charge in [0.2, 0.25) is 0 Å². The lowest BCUT2D eigenvalue weighted by atomic mass is 10.0. The highest BCUT2D eigenvalue weighted by Gasteiger charge is 2.19. The van der Waals surface area contributed by atoms with Crippen LogP contribution in [0.2, 0.25) is 0 Å². The molecule has 2 aromatic rings. The summed E-state index contributed by atoms with van der Waals surface area (Å²) in [5, 5.41) is 0.347. The van der Waals surface area contributed by atoms with E-state index in [4.69, 9.17) is 22.1 Å². The SMILES string of the molecule is COc1ccc2c(c1)-c1nc([S-])ncc1CO2. The zero-order valence-corrected chi connectivity index (χ0v) is 9.95. The summed E-state index contributed by atoms with van der Waals surface area (Å²) in [6.07, 6.45) is 1.72. The number of methoxy groups -OCH3 is 1. The first-order valence-electron chi connectivity index (χ1n) is 5.12. The molecule has 0 saturated heterocycles. The van der Waals surface area contributed by atoms with Gasteiger partial charge in [0.1, 0.15) is 18.1 Å². The molecule has 4 nitrogen and oxygen atoms in total. The van der Waals surface area contributed by atoms with Crippen molar-refractivity contribution >= 4 is 12.6 Å². The second-order valence-corrected chi connectivity index (χ2v) is 4.04. The molecule has 0 bridgehead atoms. The lowest BCUT2D eigenvalue weighted by Crippen LogP contribution is -2.08. The van der Waals surface area contributed by atoms with Gasteiger partial charge in [0.05, 0.1) is 12.8 Å². The van der Waals surface area contributed by atoms with Crippen molar-refractivity contribution in [2.24, 2.45) is 0 Å². The van der Waals surface area contributed by atoms with Crippen LogP contribution >= 0.6 is 0 Å². The van der Waals surface area contributed by atoms with Gasteiger partial charge < -0.3 is 22.1 Å². The van der Waals surface area contributed by atoms with E-state index in [-0.39, 0.29) is 0 Å². The van der Waals surface area contributed by atoms with Crippen molar-refractivity contribution < 1.29 is 9.47 Å². The van der Waals surface area contributed by atoms with Gasteiger partial charge in [-0.25, -0.2) is 0 Å². The molecule has 1 aromatic carbocycles. The number of aromatic nitrogens is 2. The fraction of sp³-hybridized carbons (Fsp3) is 0.167. The fourth-order valence-corrected chi connectivity index (χ4v) is 1.98. The number of hydrogen-bond acceptors (Lipinski definition) is 5. The van der Waals surface area contributed by atoms with Crippen LogP contribution in [0.3, 0.4) is 0 Å². The zero-order chi connectivity index (χ0) is 11.8. The third-order valence-corrected chi connectivity index (χ3v) is 2.86. The predicted octanol–water partition coefficient (Wildman–Crippen LogP) is 1.95. The maximum Gasteiger partial charge on any atom is 0.129 e. The molecule has 0 unspecified atom stereocenters. The van der Waals surface area contributed by atoms with E-state index >= 15 is 0 Å². The maximum atomic E-state index is 5.62. The van der Waals surface area contributed by atoms with E-state index in [0.717, 1.165) is 28.3 Å². The quantitative estimate of drug-likeness (QED) is 0.567. The highest BCUT2D eigenvalue weighted by atomic mass is 32.1. The topological polar surface area (TPSA) is 44.2 Å². The van der Waals surface area contributed by atoms with Gasteiger partial charge in [-0.2, -0.15) is 0 Å². The molecule has 5 heteroatoms. The number of hydrogen-bond donors (Lipinski definition) is 0.